The van der Waals surface area contributed by atoms with Crippen LogP contribution in [-0.2, 0) is 33.4 Å². The number of rotatable bonds is 14. The zero-order chi connectivity index (χ0) is 21.8. The van der Waals surface area contributed by atoms with Crippen molar-refractivity contribution in [2.45, 2.75) is 80.1 Å². The minimum atomic E-state index is -1.55. The summed E-state index contributed by atoms with van der Waals surface area (Å²) in [6.45, 7) is 11.3. The number of esters is 3. The summed E-state index contributed by atoms with van der Waals surface area (Å²) < 4.78 is 15.3. The Balaban J connectivity index is 5.14. The van der Waals surface area contributed by atoms with E-state index in [4.69, 9.17) is 14.2 Å². The van der Waals surface area contributed by atoms with Crippen LogP contribution in [0.1, 0.15) is 80.1 Å². The highest BCUT2D eigenvalue weighted by atomic mass is 16.5. The topological polar surface area (TPSA) is 96.0 Å². The maximum atomic E-state index is 12.5. The molecule has 0 aliphatic heterocycles. The Morgan fingerprint density at radius 3 is 1.68 bits per heavy atom. The zero-order valence-electron chi connectivity index (χ0n) is 18.2. The van der Waals surface area contributed by atoms with E-state index in [2.05, 4.69) is 6.92 Å². The molecule has 0 aliphatic carbocycles. The molecule has 28 heavy (non-hydrogen) atoms. The highest BCUT2D eigenvalue weighted by molar-refractivity contribution is 6.03. The van der Waals surface area contributed by atoms with E-state index in [9.17, 15) is 19.2 Å². The number of hydrogen-bond donors (Lipinski definition) is 0. The molecule has 0 aromatic heterocycles. The van der Waals surface area contributed by atoms with Gasteiger partial charge < -0.3 is 14.2 Å². The van der Waals surface area contributed by atoms with Crippen LogP contribution in [-0.4, -0.2) is 43.5 Å². The van der Waals surface area contributed by atoms with Crippen LogP contribution in [0, 0.1) is 10.8 Å². The Labute approximate surface area is 168 Å². The molecule has 0 bridgehead atoms. The second-order valence-electron chi connectivity index (χ2n) is 7.74. The molecule has 1 atom stereocenters. The number of Topliss-reactive ketones (excluding diaryl/α,β-unsaturated/α-hetero) is 1. The van der Waals surface area contributed by atoms with E-state index < -0.39 is 29.1 Å². The summed E-state index contributed by atoms with van der Waals surface area (Å²) in [6, 6.07) is 0. The van der Waals surface area contributed by atoms with Crippen LogP contribution in [0.4, 0.5) is 0 Å². The number of ketones is 1. The van der Waals surface area contributed by atoms with Gasteiger partial charge in [-0.3, -0.25) is 19.2 Å². The van der Waals surface area contributed by atoms with Gasteiger partial charge in [0.2, 0.25) is 0 Å². The van der Waals surface area contributed by atoms with Crippen LogP contribution in [0.15, 0.2) is 0 Å². The SMILES string of the molecule is CCCC(C)(C)COC(=O)CC[C@@](CCC(=O)OCC)(C(C)=O)C(=O)OCC. The van der Waals surface area contributed by atoms with E-state index >= 15 is 0 Å². The van der Waals surface area contributed by atoms with Crippen LogP contribution in [0.2, 0.25) is 0 Å². The molecule has 0 unspecified atom stereocenters. The predicted molar refractivity (Wildman–Crippen MR) is 104 cm³/mol. The van der Waals surface area contributed by atoms with Gasteiger partial charge in [-0.15, -0.1) is 0 Å². The first kappa shape index (κ1) is 26.1. The second-order valence-corrected chi connectivity index (χ2v) is 7.74. The molecular weight excluding hydrogens is 364 g/mol. The van der Waals surface area contributed by atoms with Crippen molar-refractivity contribution in [2.75, 3.05) is 19.8 Å². The van der Waals surface area contributed by atoms with E-state index in [0.717, 1.165) is 12.8 Å². The number of carbonyl (C=O) groups excluding carboxylic acids is 4. The van der Waals surface area contributed by atoms with Gasteiger partial charge in [0.25, 0.3) is 0 Å². The summed E-state index contributed by atoms with van der Waals surface area (Å²) in [5.74, 6) is -2.13. The lowest BCUT2D eigenvalue weighted by atomic mass is 9.75. The van der Waals surface area contributed by atoms with Crippen molar-refractivity contribution < 1.29 is 33.4 Å². The lowest BCUT2D eigenvalue weighted by molar-refractivity contribution is -0.162. The van der Waals surface area contributed by atoms with E-state index in [1.165, 1.54) is 6.92 Å². The van der Waals surface area contributed by atoms with Crippen LogP contribution < -0.4 is 0 Å². The monoisotopic (exact) mass is 400 g/mol. The molecule has 7 heteroatoms. The fraction of sp³-hybridized carbons (Fsp3) is 0.810. The largest absolute Gasteiger partial charge is 0.466 e. The maximum Gasteiger partial charge on any atom is 0.319 e. The minimum absolute atomic E-state index is 0.0609. The molecule has 0 fully saturated rings. The molecule has 0 aliphatic rings. The van der Waals surface area contributed by atoms with Crippen molar-refractivity contribution in [1.82, 2.24) is 0 Å². The van der Waals surface area contributed by atoms with Gasteiger partial charge in [-0.1, -0.05) is 27.2 Å². The summed E-state index contributed by atoms with van der Waals surface area (Å²) in [6.07, 6.45) is 1.56. The van der Waals surface area contributed by atoms with Gasteiger partial charge in [-0.05, 0) is 45.4 Å². The molecule has 0 rings (SSSR count). The van der Waals surface area contributed by atoms with Crippen LogP contribution >= 0.6 is 0 Å². The standard InChI is InChI=1S/C21H36O7/c1-7-12-20(5,6)15-28-18(24)11-14-21(16(4)22,19(25)27-9-3)13-10-17(23)26-8-2/h7-15H2,1-6H3/t21-/m0/s1. The second kappa shape index (κ2) is 12.5. The van der Waals surface area contributed by atoms with Crippen LogP contribution in [0.25, 0.3) is 0 Å². The lowest BCUT2D eigenvalue weighted by Crippen LogP contribution is -2.41. The average molecular weight is 401 g/mol. The Kier molecular flexibility index (Phi) is 11.7. The van der Waals surface area contributed by atoms with Crippen molar-refractivity contribution in [2.24, 2.45) is 10.8 Å². The van der Waals surface area contributed by atoms with E-state index in [0.29, 0.717) is 0 Å². The molecule has 162 valence electrons. The van der Waals surface area contributed by atoms with Crippen molar-refractivity contribution in [3.8, 4) is 0 Å². The first-order valence-electron chi connectivity index (χ1n) is 10.0. The molecule has 0 heterocycles. The summed E-state index contributed by atoms with van der Waals surface area (Å²) in [7, 11) is 0. The quantitative estimate of drug-likeness (QED) is 0.250. The summed E-state index contributed by atoms with van der Waals surface area (Å²) >= 11 is 0. The molecule has 0 amide bonds. The fourth-order valence-electron chi connectivity index (χ4n) is 3.06. The first-order chi connectivity index (χ1) is 13.0. The first-order valence-corrected chi connectivity index (χ1v) is 10.0. The molecule has 0 saturated carbocycles. The van der Waals surface area contributed by atoms with Crippen molar-refractivity contribution >= 4 is 23.7 Å². The van der Waals surface area contributed by atoms with Gasteiger partial charge in [-0.2, -0.15) is 0 Å². The normalized spacial score (nSPS) is 13.4. The lowest BCUT2D eigenvalue weighted by Gasteiger charge is -2.29. The number of hydrogen-bond acceptors (Lipinski definition) is 7. The molecule has 0 aromatic carbocycles. The summed E-state index contributed by atoms with van der Waals surface area (Å²) in [5, 5.41) is 0. The molecule has 0 radical (unpaired) electrons. The Morgan fingerprint density at radius 2 is 1.25 bits per heavy atom. The number of ether oxygens (including phenoxy) is 3. The van der Waals surface area contributed by atoms with Gasteiger partial charge in [0.15, 0.2) is 0 Å². The van der Waals surface area contributed by atoms with Crippen molar-refractivity contribution in [3.05, 3.63) is 0 Å². The highest BCUT2D eigenvalue weighted by Gasteiger charge is 2.45. The molecule has 0 N–H and O–H groups in total. The average Bonchev–Trinajstić information content (AvgIpc) is 2.60. The van der Waals surface area contributed by atoms with Gasteiger partial charge >= 0.3 is 17.9 Å². The van der Waals surface area contributed by atoms with E-state index in [1.807, 2.05) is 13.8 Å². The minimum Gasteiger partial charge on any atom is -0.466 e. The van der Waals surface area contributed by atoms with Crippen LogP contribution in [0.5, 0.6) is 0 Å². The third-order valence-electron chi connectivity index (χ3n) is 4.71. The van der Waals surface area contributed by atoms with Gasteiger partial charge in [0.05, 0.1) is 19.8 Å². The molecule has 0 spiro atoms. The molecule has 7 nitrogen and oxygen atoms in total. The van der Waals surface area contributed by atoms with Gasteiger partial charge in [0.1, 0.15) is 11.2 Å². The van der Waals surface area contributed by atoms with Crippen molar-refractivity contribution in [1.29, 1.82) is 0 Å². The summed E-state index contributed by atoms with van der Waals surface area (Å²) in [5.41, 5.74) is -1.69. The van der Waals surface area contributed by atoms with E-state index in [-0.39, 0.29) is 50.9 Å². The highest BCUT2D eigenvalue weighted by Crippen LogP contribution is 2.34. The molecule has 0 saturated heterocycles. The van der Waals surface area contributed by atoms with Gasteiger partial charge in [-0.25, -0.2) is 0 Å². The Bertz CT molecular complexity index is 539. The third kappa shape index (κ3) is 8.85. The van der Waals surface area contributed by atoms with Gasteiger partial charge in [0, 0.05) is 12.8 Å². The number of carbonyl (C=O) groups is 4. The third-order valence-corrected chi connectivity index (χ3v) is 4.71. The van der Waals surface area contributed by atoms with E-state index in [1.54, 1.807) is 13.8 Å². The summed E-state index contributed by atoms with van der Waals surface area (Å²) in [4.78, 5) is 48.8. The predicted octanol–water partition coefficient (Wildman–Crippen LogP) is 3.62. The van der Waals surface area contributed by atoms with Crippen molar-refractivity contribution in [3.63, 3.8) is 0 Å². The maximum absolute atomic E-state index is 12.5. The zero-order valence-corrected chi connectivity index (χ0v) is 18.2. The Morgan fingerprint density at radius 1 is 0.750 bits per heavy atom. The van der Waals surface area contributed by atoms with Crippen LogP contribution in [0.3, 0.4) is 0 Å². The fourth-order valence-corrected chi connectivity index (χ4v) is 3.06. The molecule has 0 aromatic rings. The smallest absolute Gasteiger partial charge is 0.319 e. The Hall–Kier alpha value is -1.92. The molecular formula is C21H36O7.